The number of aryl methyl sites for hydroxylation is 1. The summed E-state index contributed by atoms with van der Waals surface area (Å²) in [7, 11) is 2.10. The van der Waals surface area contributed by atoms with E-state index in [1.54, 1.807) is 11.1 Å². The van der Waals surface area contributed by atoms with E-state index in [0.717, 1.165) is 71.6 Å². The Kier molecular flexibility index (Phi) is 10.4. The molecule has 8 rings (SSSR count). The van der Waals surface area contributed by atoms with Gasteiger partial charge in [0, 0.05) is 59.4 Å². The van der Waals surface area contributed by atoms with Crippen molar-refractivity contribution in [2.24, 2.45) is 0 Å². The minimum absolute atomic E-state index is 0.100. The first-order valence-corrected chi connectivity index (χ1v) is 20.3. The fourth-order valence-electron chi connectivity index (χ4n) is 9.00. The normalized spacial score (nSPS) is 22.3. The number of pyridine rings is 1. The number of likely N-dealkylation sites (tertiary alicyclic amines) is 2. The summed E-state index contributed by atoms with van der Waals surface area (Å²) in [5.41, 5.74) is 4.01. The summed E-state index contributed by atoms with van der Waals surface area (Å²) >= 11 is 7.24. The number of carbonyl (C=O) groups excluding carboxylic acids is 1. The Morgan fingerprint density at radius 2 is 1.89 bits per heavy atom. The Balaban J connectivity index is 1.27. The Labute approximate surface area is 332 Å². The van der Waals surface area contributed by atoms with Gasteiger partial charge < -0.3 is 28.6 Å². The predicted octanol–water partition coefficient (Wildman–Crippen LogP) is 9.64. The van der Waals surface area contributed by atoms with Crippen LogP contribution in [0.25, 0.3) is 43.8 Å². The van der Waals surface area contributed by atoms with Crippen molar-refractivity contribution in [2.45, 2.75) is 116 Å². The van der Waals surface area contributed by atoms with Crippen LogP contribution in [0.15, 0.2) is 30.6 Å². The van der Waals surface area contributed by atoms with Gasteiger partial charge in [0.2, 0.25) is 5.88 Å². The first-order chi connectivity index (χ1) is 26.8. The molecule has 296 valence electrons. The van der Waals surface area contributed by atoms with Crippen LogP contribution in [-0.4, -0.2) is 86.3 Å². The summed E-state index contributed by atoms with van der Waals surface area (Å²) in [5.74, 6) is -0.157. The number of carbonyl (C=O) groups is 1. The molecule has 3 saturated heterocycles. The molecule has 6 heterocycles. The Hall–Kier alpha value is -4.44. The molecule has 3 aliphatic heterocycles. The SMILES string of the molecule is Cc1cc2c(cnn2C2CCCCO2)c(-c2c(Cl)cc3c(nc(OC[C@@H]4CCCN4C)c4ccn([C@H]5CCN(C(=O)OC(C)(C)C)[C@H](CC#N)C5)c43)c2F)c1C. The maximum Gasteiger partial charge on any atom is 0.410 e. The molecule has 1 unspecified atom stereocenters. The molecule has 0 aliphatic carbocycles. The van der Waals surface area contributed by atoms with Crippen LogP contribution in [-0.2, 0) is 9.47 Å². The Morgan fingerprint density at radius 1 is 1.07 bits per heavy atom. The highest BCUT2D eigenvalue weighted by Crippen LogP contribution is 2.46. The lowest BCUT2D eigenvalue weighted by atomic mass is 9.92. The zero-order valence-electron chi connectivity index (χ0n) is 33.2. The topological polar surface area (TPSA) is 111 Å². The van der Waals surface area contributed by atoms with Gasteiger partial charge >= 0.3 is 6.09 Å². The van der Waals surface area contributed by atoms with Gasteiger partial charge in [-0.3, -0.25) is 0 Å². The average molecular weight is 784 g/mol. The zero-order chi connectivity index (χ0) is 39.5. The molecule has 2 aromatic carbocycles. The number of fused-ring (bicyclic) bond motifs is 4. The minimum atomic E-state index is -0.660. The highest BCUT2D eigenvalue weighted by molar-refractivity contribution is 6.35. The fraction of sp³-hybridized carbons (Fsp3) is 0.535. The first-order valence-electron chi connectivity index (χ1n) is 20.0. The number of nitriles is 1. The first kappa shape index (κ1) is 38.4. The number of ether oxygens (including phenoxy) is 3. The van der Waals surface area contributed by atoms with Crippen LogP contribution in [0, 0.1) is 31.0 Å². The number of piperidine rings is 1. The minimum Gasteiger partial charge on any atom is -0.476 e. The second kappa shape index (κ2) is 15.1. The number of amides is 1. The maximum absolute atomic E-state index is 17.7. The highest BCUT2D eigenvalue weighted by Gasteiger charge is 2.36. The van der Waals surface area contributed by atoms with Crippen LogP contribution < -0.4 is 4.74 Å². The van der Waals surface area contributed by atoms with Gasteiger partial charge in [0.25, 0.3) is 0 Å². The molecule has 0 radical (unpaired) electrons. The van der Waals surface area contributed by atoms with Gasteiger partial charge in [-0.1, -0.05) is 11.6 Å². The number of likely N-dealkylation sites (N-methyl/N-ethyl adjacent to an activating group) is 1. The van der Waals surface area contributed by atoms with Crippen molar-refractivity contribution in [3.8, 4) is 23.1 Å². The Bertz CT molecular complexity index is 2350. The fourth-order valence-corrected chi connectivity index (χ4v) is 9.29. The number of aromatic nitrogens is 4. The molecule has 56 heavy (non-hydrogen) atoms. The van der Waals surface area contributed by atoms with E-state index in [4.69, 9.17) is 35.9 Å². The molecule has 4 atom stereocenters. The number of nitrogens with zero attached hydrogens (tertiary/aromatic N) is 7. The lowest BCUT2D eigenvalue weighted by Crippen LogP contribution is -2.48. The van der Waals surface area contributed by atoms with Gasteiger partial charge in [-0.2, -0.15) is 10.4 Å². The molecule has 1 amide bonds. The molecule has 0 spiro atoms. The van der Waals surface area contributed by atoms with Gasteiger partial charge in [-0.25, -0.2) is 18.9 Å². The number of halogens is 2. The van der Waals surface area contributed by atoms with Crippen molar-refractivity contribution in [1.29, 1.82) is 5.26 Å². The predicted molar refractivity (Wildman–Crippen MR) is 216 cm³/mol. The van der Waals surface area contributed by atoms with E-state index in [1.165, 1.54) is 0 Å². The van der Waals surface area contributed by atoms with E-state index in [1.807, 2.05) is 57.6 Å². The standard InChI is InChI=1S/C43H51ClFN7O4/c1-25-20-34-32(23-47-52(34)35-11-7-8-19-54-35)36(26(25)2)37-33(44)22-31-39(38(37)45)48-41(55-24-29-10-9-16-49(29)6)30-14-18-50(40(30)31)28-13-17-51(27(21-28)12-15-46)42(53)56-43(3,4)5/h14,18,20,22-23,27-29,35H,7-13,16-17,19,21,24H2,1-6H3/t27-,28+,29+,35?/m1/s1. The number of hydrogen-bond donors (Lipinski definition) is 0. The summed E-state index contributed by atoms with van der Waals surface area (Å²) in [6.07, 6.45) is 9.53. The third-order valence-electron chi connectivity index (χ3n) is 12.0. The van der Waals surface area contributed by atoms with Crippen LogP contribution in [0.5, 0.6) is 5.88 Å². The van der Waals surface area contributed by atoms with Crippen LogP contribution in [0.2, 0.25) is 5.02 Å². The molecular weight excluding hydrogens is 733 g/mol. The molecule has 0 N–H and O–H groups in total. The number of benzene rings is 2. The van der Waals surface area contributed by atoms with Gasteiger partial charge in [0.15, 0.2) is 12.0 Å². The summed E-state index contributed by atoms with van der Waals surface area (Å²) in [6, 6.07) is 7.96. The zero-order valence-corrected chi connectivity index (χ0v) is 34.0. The Morgan fingerprint density at radius 3 is 2.61 bits per heavy atom. The van der Waals surface area contributed by atoms with E-state index in [0.29, 0.717) is 49.4 Å². The van der Waals surface area contributed by atoms with E-state index >= 15 is 4.39 Å². The molecule has 0 bridgehead atoms. The summed E-state index contributed by atoms with van der Waals surface area (Å²) in [6.45, 7) is 12.1. The van der Waals surface area contributed by atoms with Crippen molar-refractivity contribution in [3.05, 3.63) is 52.6 Å². The van der Waals surface area contributed by atoms with Gasteiger partial charge in [-0.05, 0) is 122 Å². The molecule has 5 aromatic rings. The van der Waals surface area contributed by atoms with E-state index < -0.39 is 17.5 Å². The molecule has 3 aromatic heterocycles. The molecule has 11 nitrogen and oxygen atoms in total. The molecule has 3 fully saturated rings. The molecular formula is C43H51ClFN7O4. The quantitative estimate of drug-likeness (QED) is 0.161. The highest BCUT2D eigenvalue weighted by atomic mass is 35.5. The second-order valence-corrected chi connectivity index (χ2v) is 17.2. The maximum atomic E-state index is 17.7. The second-order valence-electron chi connectivity index (χ2n) is 16.8. The number of rotatable bonds is 7. The summed E-state index contributed by atoms with van der Waals surface area (Å²) in [4.78, 5) is 22.2. The van der Waals surface area contributed by atoms with Gasteiger partial charge in [0.05, 0.1) is 40.1 Å². The molecule has 0 saturated carbocycles. The lowest BCUT2D eigenvalue weighted by molar-refractivity contribution is -0.0366. The monoisotopic (exact) mass is 783 g/mol. The molecule has 13 heteroatoms. The smallest absolute Gasteiger partial charge is 0.410 e. The average Bonchev–Trinajstić information content (AvgIpc) is 3.91. The van der Waals surface area contributed by atoms with Crippen LogP contribution in [0.3, 0.4) is 0 Å². The third-order valence-corrected chi connectivity index (χ3v) is 12.3. The number of hydrogen-bond acceptors (Lipinski definition) is 8. The van der Waals surface area contributed by atoms with Gasteiger partial charge in [0.1, 0.15) is 17.7 Å². The van der Waals surface area contributed by atoms with Crippen molar-refractivity contribution in [2.75, 3.05) is 33.4 Å². The van der Waals surface area contributed by atoms with Crippen LogP contribution >= 0.6 is 11.6 Å². The van der Waals surface area contributed by atoms with Crippen molar-refractivity contribution < 1.29 is 23.4 Å². The largest absolute Gasteiger partial charge is 0.476 e. The summed E-state index contributed by atoms with van der Waals surface area (Å²) in [5, 5.41) is 17.0. The van der Waals surface area contributed by atoms with E-state index in [9.17, 15) is 10.1 Å². The molecule has 3 aliphatic rings. The van der Waals surface area contributed by atoms with Crippen LogP contribution in [0.4, 0.5) is 9.18 Å². The summed E-state index contributed by atoms with van der Waals surface area (Å²) < 4.78 is 40.1. The van der Waals surface area contributed by atoms with Crippen molar-refractivity contribution >= 4 is 50.4 Å². The van der Waals surface area contributed by atoms with Crippen LogP contribution in [0.1, 0.15) is 95.5 Å². The third kappa shape index (κ3) is 6.96. The van der Waals surface area contributed by atoms with Crippen molar-refractivity contribution in [3.63, 3.8) is 0 Å². The van der Waals surface area contributed by atoms with E-state index in [-0.39, 0.29) is 46.9 Å². The van der Waals surface area contributed by atoms with Crippen molar-refractivity contribution in [1.82, 2.24) is 29.1 Å². The van der Waals surface area contributed by atoms with E-state index in [2.05, 4.69) is 28.7 Å². The lowest BCUT2D eigenvalue weighted by Gasteiger charge is -2.39. The van der Waals surface area contributed by atoms with Gasteiger partial charge in [-0.15, -0.1) is 0 Å².